The average Bonchev–Trinajstić information content (AvgIpc) is 2.44. The Morgan fingerprint density at radius 1 is 1.05 bits per heavy atom. The van der Waals surface area contributed by atoms with Gasteiger partial charge in [0.1, 0.15) is 5.82 Å². The first-order chi connectivity index (χ1) is 9.97. The summed E-state index contributed by atoms with van der Waals surface area (Å²) in [6.45, 7) is 0. The summed E-state index contributed by atoms with van der Waals surface area (Å²) in [5.41, 5.74) is 0.415. The van der Waals surface area contributed by atoms with Crippen molar-refractivity contribution >= 4 is 21.9 Å². The summed E-state index contributed by atoms with van der Waals surface area (Å²) in [6, 6.07) is 11.5. The summed E-state index contributed by atoms with van der Waals surface area (Å²) in [5.74, 6) is -0.902. The molecule has 4 nitrogen and oxygen atoms in total. The zero-order chi connectivity index (χ0) is 15.0. The Hall–Kier alpha value is -2.47. The van der Waals surface area contributed by atoms with Crippen LogP contribution in [-0.2, 0) is 10.0 Å². The first kappa shape index (κ1) is 13.5. The van der Waals surface area contributed by atoms with Crippen molar-refractivity contribution in [3.8, 4) is 0 Å². The molecule has 2 aromatic carbocycles. The number of hydrogen-bond acceptors (Lipinski definition) is 3. The highest BCUT2D eigenvalue weighted by atomic mass is 32.2. The lowest BCUT2D eigenvalue weighted by molar-refractivity contribution is 0.102. The van der Waals surface area contributed by atoms with Crippen molar-refractivity contribution < 1.29 is 17.6 Å². The SMILES string of the molecule is O=C1/C(=C/c2cccc(F)c2)NS(=O)(=O)c2ccccc21. The van der Waals surface area contributed by atoms with Gasteiger partial charge in [-0.15, -0.1) is 0 Å². The Bertz CT molecular complexity index is 872. The van der Waals surface area contributed by atoms with Crippen LogP contribution in [0.4, 0.5) is 4.39 Å². The fourth-order valence-electron chi connectivity index (χ4n) is 2.14. The molecule has 0 atom stereocenters. The topological polar surface area (TPSA) is 63.2 Å². The Labute approximate surface area is 121 Å². The number of rotatable bonds is 1. The van der Waals surface area contributed by atoms with Crippen molar-refractivity contribution in [1.29, 1.82) is 0 Å². The van der Waals surface area contributed by atoms with E-state index >= 15 is 0 Å². The van der Waals surface area contributed by atoms with Gasteiger partial charge in [-0.05, 0) is 35.9 Å². The molecule has 6 heteroatoms. The maximum absolute atomic E-state index is 13.2. The van der Waals surface area contributed by atoms with Crippen molar-refractivity contribution in [1.82, 2.24) is 4.72 Å². The minimum absolute atomic E-state index is 0.0496. The molecule has 106 valence electrons. The molecule has 0 saturated heterocycles. The summed E-state index contributed by atoms with van der Waals surface area (Å²) >= 11 is 0. The van der Waals surface area contributed by atoms with E-state index in [2.05, 4.69) is 4.72 Å². The smallest absolute Gasteiger partial charge is 0.262 e. The van der Waals surface area contributed by atoms with E-state index in [1.165, 1.54) is 36.4 Å². The highest BCUT2D eigenvalue weighted by Gasteiger charge is 2.31. The van der Waals surface area contributed by atoms with Gasteiger partial charge in [0.25, 0.3) is 10.0 Å². The van der Waals surface area contributed by atoms with Crippen LogP contribution in [0, 0.1) is 5.82 Å². The monoisotopic (exact) mass is 303 g/mol. The van der Waals surface area contributed by atoms with E-state index in [1.807, 2.05) is 0 Å². The summed E-state index contributed by atoms with van der Waals surface area (Å²) < 4.78 is 39.6. The molecule has 21 heavy (non-hydrogen) atoms. The van der Waals surface area contributed by atoms with Gasteiger partial charge >= 0.3 is 0 Å². The van der Waals surface area contributed by atoms with Crippen LogP contribution in [0.1, 0.15) is 15.9 Å². The summed E-state index contributed by atoms with van der Waals surface area (Å²) in [6.07, 6.45) is 1.32. The second-order valence-corrected chi connectivity index (χ2v) is 6.19. The van der Waals surface area contributed by atoms with Gasteiger partial charge in [-0.25, -0.2) is 12.8 Å². The van der Waals surface area contributed by atoms with Crippen molar-refractivity contribution in [2.24, 2.45) is 0 Å². The summed E-state index contributed by atoms with van der Waals surface area (Å²) in [4.78, 5) is 12.3. The molecule has 2 aromatic rings. The number of benzene rings is 2. The van der Waals surface area contributed by atoms with Crippen LogP contribution in [0.2, 0.25) is 0 Å². The first-order valence-electron chi connectivity index (χ1n) is 6.11. The predicted octanol–water partition coefficient (Wildman–Crippen LogP) is 2.34. The molecule has 0 amide bonds. The van der Waals surface area contributed by atoms with Gasteiger partial charge in [-0.3, -0.25) is 9.52 Å². The molecule has 0 radical (unpaired) electrons. The molecule has 0 fully saturated rings. The van der Waals surface area contributed by atoms with Crippen LogP contribution >= 0.6 is 0 Å². The van der Waals surface area contributed by atoms with E-state index in [9.17, 15) is 17.6 Å². The zero-order valence-corrected chi connectivity index (χ0v) is 11.5. The molecular weight excluding hydrogens is 293 g/mol. The molecule has 0 spiro atoms. The van der Waals surface area contributed by atoms with Crippen LogP contribution in [0.25, 0.3) is 6.08 Å². The number of hydrogen-bond donors (Lipinski definition) is 1. The second-order valence-electron chi connectivity index (χ2n) is 4.54. The number of fused-ring (bicyclic) bond motifs is 1. The van der Waals surface area contributed by atoms with E-state index < -0.39 is 21.6 Å². The molecule has 1 aliphatic heterocycles. The van der Waals surface area contributed by atoms with Crippen LogP contribution in [0.3, 0.4) is 0 Å². The standard InChI is InChI=1S/C15H10FNO3S/c16-11-5-3-4-10(8-11)9-13-15(18)12-6-1-2-7-14(12)21(19,20)17-13/h1-9,17H/b13-9-. The van der Waals surface area contributed by atoms with Crippen LogP contribution in [0.5, 0.6) is 0 Å². The van der Waals surface area contributed by atoms with Crippen molar-refractivity contribution in [2.45, 2.75) is 4.90 Å². The number of ketones is 1. The van der Waals surface area contributed by atoms with Gasteiger partial charge in [0.2, 0.25) is 5.78 Å². The number of Topliss-reactive ketones (excluding diaryl/α,β-unsaturated/α-hetero) is 1. The second kappa shape index (κ2) is 4.82. The number of carbonyl (C=O) groups excluding carboxylic acids is 1. The highest BCUT2D eigenvalue weighted by Crippen LogP contribution is 2.25. The number of carbonyl (C=O) groups is 1. The number of allylic oxidation sites excluding steroid dienone is 1. The van der Waals surface area contributed by atoms with E-state index in [1.54, 1.807) is 18.2 Å². The highest BCUT2D eigenvalue weighted by molar-refractivity contribution is 7.90. The fraction of sp³-hybridized carbons (Fsp3) is 0. The zero-order valence-electron chi connectivity index (χ0n) is 10.7. The van der Waals surface area contributed by atoms with E-state index in [4.69, 9.17) is 0 Å². The van der Waals surface area contributed by atoms with E-state index in [-0.39, 0.29) is 16.2 Å². The summed E-state index contributed by atoms with van der Waals surface area (Å²) in [7, 11) is -3.79. The molecule has 0 bridgehead atoms. The van der Waals surface area contributed by atoms with Crippen molar-refractivity contribution in [3.63, 3.8) is 0 Å². The predicted molar refractivity (Wildman–Crippen MR) is 75.5 cm³/mol. The van der Waals surface area contributed by atoms with Gasteiger partial charge in [0, 0.05) is 5.56 Å². The average molecular weight is 303 g/mol. The maximum atomic E-state index is 13.2. The van der Waals surface area contributed by atoms with Gasteiger partial charge in [-0.2, -0.15) is 0 Å². The summed E-state index contributed by atoms with van der Waals surface area (Å²) in [5, 5.41) is 0. The molecule has 1 heterocycles. The Morgan fingerprint density at radius 3 is 2.57 bits per heavy atom. The van der Waals surface area contributed by atoms with Crippen LogP contribution in [-0.4, -0.2) is 14.2 Å². The van der Waals surface area contributed by atoms with Gasteiger partial charge in [0.15, 0.2) is 0 Å². The molecule has 0 saturated carbocycles. The van der Waals surface area contributed by atoms with E-state index in [0.29, 0.717) is 5.56 Å². The number of nitrogens with one attached hydrogen (secondary N) is 1. The molecule has 1 N–H and O–H groups in total. The number of sulfonamides is 1. The molecule has 1 aliphatic rings. The minimum Gasteiger partial charge on any atom is -0.287 e. The maximum Gasteiger partial charge on any atom is 0.262 e. The molecule has 0 aromatic heterocycles. The Morgan fingerprint density at radius 2 is 1.81 bits per heavy atom. The fourth-order valence-corrected chi connectivity index (χ4v) is 3.40. The number of halogens is 1. The first-order valence-corrected chi connectivity index (χ1v) is 7.59. The lowest BCUT2D eigenvalue weighted by Crippen LogP contribution is -2.34. The third-order valence-electron chi connectivity index (χ3n) is 3.07. The molecular formula is C15H10FNO3S. The van der Waals surface area contributed by atoms with Crippen LogP contribution in [0.15, 0.2) is 59.1 Å². The molecule has 3 rings (SSSR count). The third-order valence-corrected chi connectivity index (χ3v) is 4.49. The lowest BCUT2D eigenvalue weighted by atomic mass is 10.1. The Balaban J connectivity index is 2.13. The lowest BCUT2D eigenvalue weighted by Gasteiger charge is -2.19. The quantitative estimate of drug-likeness (QED) is 0.823. The van der Waals surface area contributed by atoms with Crippen molar-refractivity contribution in [2.75, 3.05) is 0 Å². The third kappa shape index (κ3) is 2.45. The van der Waals surface area contributed by atoms with Crippen molar-refractivity contribution in [3.05, 3.63) is 71.2 Å². The van der Waals surface area contributed by atoms with Gasteiger partial charge in [-0.1, -0.05) is 24.3 Å². The molecule has 0 unspecified atom stereocenters. The van der Waals surface area contributed by atoms with Gasteiger partial charge in [0.05, 0.1) is 10.6 Å². The largest absolute Gasteiger partial charge is 0.287 e. The Kier molecular flexibility index (Phi) is 3.10. The van der Waals surface area contributed by atoms with E-state index in [0.717, 1.165) is 0 Å². The van der Waals surface area contributed by atoms with Gasteiger partial charge < -0.3 is 0 Å². The molecule has 0 aliphatic carbocycles. The van der Waals surface area contributed by atoms with Crippen LogP contribution < -0.4 is 4.72 Å². The normalized spacial score (nSPS) is 18.1. The minimum atomic E-state index is -3.79.